The molecule has 0 saturated carbocycles. The van der Waals surface area contributed by atoms with Crippen LogP contribution in [0.5, 0.6) is 11.6 Å². The van der Waals surface area contributed by atoms with E-state index in [0.29, 0.717) is 18.2 Å². The Morgan fingerprint density at radius 1 is 1.21 bits per heavy atom. The summed E-state index contributed by atoms with van der Waals surface area (Å²) in [5.74, 6) is 1.92. The highest BCUT2D eigenvalue weighted by Gasteiger charge is 2.29. The van der Waals surface area contributed by atoms with Crippen LogP contribution in [0.2, 0.25) is 0 Å². The first-order chi connectivity index (χ1) is 13.7. The maximum atomic E-state index is 6.05. The number of hydrogen-bond acceptors (Lipinski definition) is 5. The molecule has 1 fully saturated rings. The highest BCUT2D eigenvalue weighted by Crippen LogP contribution is 2.34. The van der Waals surface area contributed by atoms with E-state index in [4.69, 9.17) is 9.47 Å². The first-order valence-corrected chi connectivity index (χ1v) is 9.70. The quantitative estimate of drug-likeness (QED) is 0.678. The summed E-state index contributed by atoms with van der Waals surface area (Å²) in [6.07, 6.45) is 4.67. The average molecular weight is 378 g/mol. The van der Waals surface area contributed by atoms with Crippen molar-refractivity contribution in [3.8, 4) is 11.6 Å². The summed E-state index contributed by atoms with van der Waals surface area (Å²) in [6.45, 7) is 4.42. The smallest absolute Gasteiger partial charge is 0.222 e. The predicted octanol–water partition coefficient (Wildman–Crippen LogP) is 3.78. The fourth-order valence-corrected chi connectivity index (χ4v) is 3.77. The maximum absolute atomic E-state index is 6.05. The normalized spacial score (nSPS) is 19.1. The number of nitrogens with zero attached hydrogens (tertiary/aromatic N) is 3. The first kappa shape index (κ1) is 18.7. The molecule has 3 heterocycles. The lowest BCUT2D eigenvalue weighted by Crippen LogP contribution is -2.25. The van der Waals surface area contributed by atoms with Crippen molar-refractivity contribution in [3.05, 3.63) is 71.7 Å². The third-order valence-electron chi connectivity index (χ3n) is 5.19. The standard InChI is InChI=1S/C22H26N4O2/c1-16-20(22(26(2)25-16)28-19-9-6-11-23-14-19)15-24-13-18-10-12-27-21(18)17-7-4-3-5-8-17/h3-9,11,14,18,21,24H,10,12-13,15H2,1-2H3/t18-,21-/m1/s1. The molecule has 1 aromatic carbocycles. The second kappa shape index (κ2) is 8.54. The predicted molar refractivity (Wildman–Crippen MR) is 107 cm³/mol. The maximum Gasteiger partial charge on any atom is 0.222 e. The zero-order chi connectivity index (χ0) is 19.3. The second-order valence-corrected chi connectivity index (χ2v) is 7.17. The summed E-state index contributed by atoms with van der Waals surface area (Å²) in [5, 5.41) is 8.12. The van der Waals surface area contributed by atoms with Crippen LogP contribution in [0.15, 0.2) is 54.9 Å². The Labute approximate surface area is 165 Å². The summed E-state index contributed by atoms with van der Waals surface area (Å²) in [7, 11) is 1.90. The van der Waals surface area contributed by atoms with Gasteiger partial charge in [-0.3, -0.25) is 4.98 Å². The van der Waals surface area contributed by atoms with Crippen LogP contribution < -0.4 is 10.1 Å². The minimum atomic E-state index is 0.162. The van der Waals surface area contributed by atoms with E-state index in [-0.39, 0.29) is 6.10 Å². The van der Waals surface area contributed by atoms with Crippen molar-refractivity contribution < 1.29 is 9.47 Å². The highest BCUT2D eigenvalue weighted by atomic mass is 16.5. The molecule has 1 aliphatic heterocycles. The number of benzene rings is 1. The molecular weight excluding hydrogens is 352 g/mol. The largest absolute Gasteiger partial charge is 0.437 e. The summed E-state index contributed by atoms with van der Waals surface area (Å²) >= 11 is 0. The molecule has 6 heteroatoms. The minimum absolute atomic E-state index is 0.162. The summed E-state index contributed by atoms with van der Waals surface area (Å²) in [5.41, 5.74) is 3.29. The van der Waals surface area contributed by atoms with Crippen molar-refractivity contribution in [2.45, 2.75) is 26.0 Å². The Hall–Kier alpha value is -2.70. The molecule has 0 amide bonds. The molecule has 1 aliphatic rings. The zero-order valence-electron chi connectivity index (χ0n) is 16.3. The number of aromatic nitrogens is 3. The van der Waals surface area contributed by atoms with Gasteiger partial charge >= 0.3 is 0 Å². The van der Waals surface area contributed by atoms with Gasteiger partial charge in [-0.2, -0.15) is 5.10 Å². The minimum Gasteiger partial charge on any atom is -0.437 e. The number of pyridine rings is 1. The molecular formula is C22H26N4O2. The van der Waals surface area contributed by atoms with E-state index in [9.17, 15) is 0 Å². The van der Waals surface area contributed by atoms with Crippen LogP contribution in [0.25, 0.3) is 0 Å². The summed E-state index contributed by atoms with van der Waals surface area (Å²) in [4.78, 5) is 4.11. The highest BCUT2D eigenvalue weighted by molar-refractivity contribution is 5.34. The number of rotatable bonds is 7. The topological polar surface area (TPSA) is 61.2 Å². The third kappa shape index (κ3) is 4.08. The van der Waals surface area contributed by atoms with E-state index in [1.165, 1.54) is 5.56 Å². The van der Waals surface area contributed by atoms with Crippen molar-refractivity contribution in [2.24, 2.45) is 13.0 Å². The van der Waals surface area contributed by atoms with E-state index in [1.807, 2.05) is 32.2 Å². The van der Waals surface area contributed by atoms with E-state index in [0.717, 1.165) is 36.7 Å². The van der Waals surface area contributed by atoms with Crippen molar-refractivity contribution in [1.82, 2.24) is 20.1 Å². The third-order valence-corrected chi connectivity index (χ3v) is 5.19. The van der Waals surface area contributed by atoms with Gasteiger partial charge in [-0.05, 0) is 31.0 Å². The lowest BCUT2D eigenvalue weighted by Gasteiger charge is -2.19. The molecule has 0 aliphatic carbocycles. The molecule has 2 atom stereocenters. The Morgan fingerprint density at radius 2 is 2.07 bits per heavy atom. The number of ether oxygens (including phenoxy) is 2. The molecule has 2 aromatic heterocycles. The second-order valence-electron chi connectivity index (χ2n) is 7.17. The van der Waals surface area contributed by atoms with Crippen molar-refractivity contribution >= 4 is 0 Å². The molecule has 0 unspecified atom stereocenters. The van der Waals surface area contributed by atoms with E-state index in [1.54, 1.807) is 17.1 Å². The number of aryl methyl sites for hydroxylation is 2. The van der Waals surface area contributed by atoms with Crippen LogP contribution in [0, 0.1) is 12.8 Å². The lowest BCUT2D eigenvalue weighted by molar-refractivity contribution is 0.0904. The van der Waals surface area contributed by atoms with Gasteiger partial charge in [-0.25, -0.2) is 4.68 Å². The fraction of sp³-hybridized carbons (Fsp3) is 0.364. The lowest BCUT2D eigenvalue weighted by atomic mass is 9.95. The van der Waals surface area contributed by atoms with Gasteiger partial charge in [0.25, 0.3) is 0 Å². The van der Waals surface area contributed by atoms with Crippen molar-refractivity contribution in [2.75, 3.05) is 13.2 Å². The van der Waals surface area contributed by atoms with Crippen LogP contribution in [0.4, 0.5) is 0 Å². The molecule has 146 valence electrons. The van der Waals surface area contributed by atoms with Crippen LogP contribution in [-0.2, 0) is 18.3 Å². The Kier molecular flexibility index (Phi) is 5.69. The molecule has 0 bridgehead atoms. The molecule has 1 saturated heterocycles. The van der Waals surface area contributed by atoms with Gasteiger partial charge in [-0.15, -0.1) is 0 Å². The van der Waals surface area contributed by atoms with E-state index >= 15 is 0 Å². The van der Waals surface area contributed by atoms with Gasteiger partial charge in [0.15, 0.2) is 0 Å². The summed E-state index contributed by atoms with van der Waals surface area (Å²) in [6, 6.07) is 14.2. The molecule has 4 rings (SSSR count). The molecule has 28 heavy (non-hydrogen) atoms. The van der Waals surface area contributed by atoms with Gasteiger partial charge in [0, 0.05) is 38.9 Å². The van der Waals surface area contributed by atoms with Gasteiger partial charge in [0.1, 0.15) is 5.75 Å². The van der Waals surface area contributed by atoms with E-state index in [2.05, 4.69) is 39.7 Å². The van der Waals surface area contributed by atoms with Crippen LogP contribution >= 0.6 is 0 Å². The van der Waals surface area contributed by atoms with Crippen LogP contribution in [-0.4, -0.2) is 27.9 Å². The van der Waals surface area contributed by atoms with Crippen molar-refractivity contribution in [1.29, 1.82) is 0 Å². The van der Waals surface area contributed by atoms with Gasteiger partial charge in [0.2, 0.25) is 5.88 Å². The van der Waals surface area contributed by atoms with Crippen LogP contribution in [0.1, 0.15) is 29.3 Å². The Morgan fingerprint density at radius 3 is 2.86 bits per heavy atom. The van der Waals surface area contributed by atoms with Gasteiger partial charge in [0.05, 0.1) is 23.6 Å². The number of nitrogens with one attached hydrogen (secondary N) is 1. The average Bonchev–Trinajstić information content (AvgIpc) is 3.29. The monoisotopic (exact) mass is 378 g/mol. The molecule has 6 nitrogen and oxygen atoms in total. The molecule has 0 radical (unpaired) electrons. The molecule has 3 aromatic rings. The van der Waals surface area contributed by atoms with Gasteiger partial charge < -0.3 is 14.8 Å². The molecule has 0 spiro atoms. The Bertz CT molecular complexity index is 896. The van der Waals surface area contributed by atoms with Crippen LogP contribution in [0.3, 0.4) is 0 Å². The number of hydrogen-bond donors (Lipinski definition) is 1. The van der Waals surface area contributed by atoms with Gasteiger partial charge in [-0.1, -0.05) is 30.3 Å². The Balaban J connectivity index is 1.41. The SMILES string of the molecule is Cc1nn(C)c(Oc2cccnc2)c1CNC[C@H]1CCO[C@@H]1c1ccccc1. The van der Waals surface area contributed by atoms with E-state index < -0.39 is 0 Å². The fourth-order valence-electron chi connectivity index (χ4n) is 3.77. The first-order valence-electron chi connectivity index (χ1n) is 9.70. The zero-order valence-corrected chi connectivity index (χ0v) is 16.3. The van der Waals surface area contributed by atoms with Crippen molar-refractivity contribution in [3.63, 3.8) is 0 Å². The summed E-state index contributed by atoms with van der Waals surface area (Å²) < 4.78 is 13.8. The molecule has 1 N–H and O–H groups in total.